The third-order valence-corrected chi connectivity index (χ3v) is 4.13. The summed E-state index contributed by atoms with van der Waals surface area (Å²) in [7, 11) is 0. The van der Waals surface area contributed by atoms with E-state index in [1.165, 1.54) is 31.4 Å². The highest BCUT2D eigenvalue weighted by atomic mass is 19.1. The Kier molecular flexibility index (Phi) is 4.95. The van der Waals surface area contributed by atoms with Gasteiger partial charge in [-0.05, 0) is 49.5 Å². The van der Waals surface area contributed by atoms with Crippen LogP contribution >= 0.6 is 0 Å². The normalized spacial score (nSPS) is 18.4. The second-order valence-corrected chi connectivity index (χ2v) is 5.41. The van der Waals surface area contributed by atoms with Gasteiger partial charge in [0.1, 0.15) is 5.82 Å². The molecular weight excluding hydrogens is 257 g/mol. The third-order valence-electron chi connectivity index (χ3n) is 4.13. The van der Waals surface area contributed by atoms with Gasteiger partial charge in [0.15, 0.2) is 5.84 Å². The van der Waals surface area contributed by atoms with Gasteiger partial charge in [0.25, 0.3) is 0 Å². The molecule has 5 heteroatoms. The number of oxime groups is 1. The lowest BCUT2D eigenvalue weighted by Crippen LogP contribution is -2.33. The van der Waals surface area contributed by atoms with Gasteiger partial charge >= 0.3 is 0 Å². The number of amidine groups is 1. The Balaban J connectivity index is 2.10. The molecule has 0 bridgehead atoms. The lowest BCUT2D eigenvalue weighted by molar-refractivity contribution is 0.175. The van der Waals surface area contributed by atoms with Gasteiger partial charge in [-0.1, -0.05) is 24.6 Å². The van der Waals surface area contributed by atoms with Gasteiger partial charge in [-0.2, -0.15) is 0 Å². The molecule has 1 aliphatic rings. The molecule has 4 nitrogen and oxygen atoms in total. The van der Waals surface area contributed by atoms with Gasteiger partial charge in [0.05, 0.1) is 0 Å². The monoisotopic (exact) mass is 279 g/mol. The van der Waals surface area contributed by atoms with Crippen molar-refractivity contribution in [3.63, 3.8) is 0 Å². The van der Waals surface area contributed by atoms with Gasteiger partial charge in [-0.25, -0.2) is 4.39 Å². The second kappa shape index (κ2) is 6.70. The van der Waals surface area contributed by atoms with Crippen LogP contribution in [0.2, 0.25) is 0 Å². The van der Waals surface area contributed by atoms with Crippen LogP contribution in [-0.4, -0.2) is 29.0 Å². The van der Waals surface area contributed by atoms with Crippen LogP contribution in [0.5, 0.6) is 0 Å². The fourth-order valence-corrected chi connectivity index (χ4v) is 2.77. The van der Waals surface area contributed by atoms with Crippen molar-refractivity contribution in [2.75, 3.05) is 13.1 Å². The molecule has 1 aromatic carbocycles. The molecule has 1 aromatic rings. The van der Waals surface area contributed by atoms with E-state index >= 15 is 0 Å². The van der Waals surface area contributed by atoms with E-state index in [9.17, 15) is 4.39 Å². The molecule has 0 saturated carbocycles. The molecule has 0 radical (unpaired) electrons. The van der Waals surface area contributed by atoms with E-state index in [1.807, 2.05) is 0 Å². The minimum atomic E-state index is -0.375. The predicted octanol–water partition coefficient (Wildman–Crippen LogP) is 2.54. The summed E-state index contributed by atoms with van der Waals surface area (Å²) in [5, 5.41) is 11.8. The molecule has 1 fully saturated rings. The molecule has 0 amide bonds. The first-order valence-electron chi connectivity index (χ1n) is 7.12. The van der Waals surface area contributed by atoms with Gasteiger partial charge < -0.3 is 10.9 Å². The molecule has 1 saturated heterocycles. The maximum absolute atomic E-state index is 13.3. The molecule has 0 aromatic heterocycles. The van der Waals surface area contributed by atoms with E-state index in [0.29, 0.717) is 12.1 Å². The van der Waals surface area contributed by atoms with E-state index in [0.717, 1.165) is 24.6 Å². The van der Waals surface area contributed by atoms with Gasteiger partial charge in [-0.3, -0.25) is 4.90 Å². The van der Waals surface area contributed by atoms with E-state index in [-0.39, 0.29) is 11.7 Å². The summed E-state index contributed by atoms with van der Waals surface area (Å²) < 4.78 is 13.3. The summed E-state index contributed by atoms with van der Waals surface area (Å²) >= 11 is 0. The molecule has 110 valence electrons. The number of hydrogen-bond acceptors (Lipinski definition) is 3. The molecule has 20 heavy (non-hydrogen) atoms. The molecule has 0 aliphatic carbocycles. The van der Waals surface area contributed by atoms with Gasteiger partial charge in [-0.15, -0.1) is 0 Å². The second-order valence-electron chi connectivity index (χ2n) is 5.41. The first-order chi connectivity index (χ1) is 9.63. The van der Waals surface area contributed by atoms with Crippen molar-refractivity contribution in [1.82, 2.24) is 4.90 Å². The van der Waals surface area contributed by atoms with Crippen molar-refractivity contribution in [3.05, 3.63) is 35.1 Å². The number of halogens is 1. The van der Waals surface area contributed by atoms with E-state index < -0.39 is 0 Å². The fourth-order valence-electron chi connectivity index (χ4n) is 2.77. The van der Waals surface area contributed by atoms with Gasteiger partial charge in [0, 0.05) is 12.1 Å². The number of rotatable bonds is 4. The third kappa shape index (κ3) is 3.48. The highest BCUT2D eigenvalue weighted by Gasteiger charge is 2.19. The van der Waals surface area contributed by atoms with Crippen LogP contribution in [0, 0.1) is 11.7 Å². The fraction of sp³-hybridized carbons (Fsp3) is 0.533. The van der Waals surface area contributed by atoms with Crippen molar-refractivity contribution in [1.29, 1.82) is 0 Å². The molecule has 0 spiro atoms. The average Bonchev–Trinajstić information content (AvgIpc) is 2.49. The quantitative estimate of drug-likeness (QED) is 0.385. The van der Waals surface area contributed by atoms with E-state index in [4.69, 9.17) is 10.9 Å². The SMILES string of the molecule is CCC1CCN(Cc2ccc(F)cc2C(N)=NO)CC1. The molecule has 0 atom stereocenters. The van der Waals surface area contributed by atoms with Crippen molar-refractivity contribution < 1.29 is 9.60 Å². The zero-order valence-electron chi connectivity index (χ0n) is 11.8. The molecule has 2 rings (SSSR count). The van der Waals surface area contributed by atoms with Crippen molar-refractivity contribution in [3.8, 4) is 0 Å². The Morgan fingerprint density at radius 2 is 2.15 bits per heavy atom. The Hall–Kier alpha value is -1.62. The van der Waals surface area contributed by atoms with Crippen molar-refractivity contribution in [2.45, 2.75) is 32.7 Å². The van der Waals surface area contributed by atoms with Crippen LogP contribution in [-0.2, 0) is 6.54 Å². The minimum Gasteiger partial charge on any atom is -0.409 e. The van der Waals surface area contributed by atoms with Crippen LogP contribution < -0.4 is 5.73 Å². The highest BCUT2D eigenvalue weighted by Crippen LogP contribution is 2.22. The van der Waals surface area contributed by atoms with Crippen molar-refractivity contribution in [2.24, 2.45) is 16.8 Å². The summed E-state index contributed by atoms with van der Waals surface area (Å²) in [4.78, 5) is 2.34. The van der Waals surface area contributed by atoms with Crippen LogP contribution in [0.3, 0.4) is 0 Å². The van der Waals surface area contributed by atoms with Crippen molar-refractivity contribution >= 4 is 5.84 Å². The number of nitrogens with zero attached hydrogens (tertiary/aromatic N) is 2. The summed E-state index contributed by atoms with van der Waals surface area (Å²) in [5.74, 6) is 0.408. The van der Waals surface area contributed by atoms with E-state index in [1.54, 1.807) is 6.07 Å². The Labute approximate surface area is 119 Å². The predicted molar refractivity (Wildman–Crippen MR) is 77.2 cm³/mol. The standard InChI is InChI=1S/C15H22FN3O/c1-2-11-5-7-19(8-6-11)10-12-3-4-13(16)9-14(12)15(17)18-20/h3-4,9,11,20H,2,5-8,10H2,1H3,(H2,17,18). The largest absolute Gasteiger partial charge is 0.409 e. The summed E-state index contributed by atoms with van der Waals surface area (Å²) in [6, 6.07) is 4.46. The average molecular weight is 279 g/mol. The molecule has 1 heterocycles. The molecule has 3 N–H and O–H groups in total. The number of piperidine rings is 1. The summed E-state index contributed by atoms with van der Waals surface area (Å²) in [6.45, 7) is 5.04. The minimum absolute atomic E-state index is 0.0389. The van der Waals surface area contributed by atoms with Crippen LogP contribution in [0.1, 0.15) is 37.3 Å². The Morgan fingerprint density at radius 3 is 2.75 bits per heavy atom. The van der Waals surface area contributed by atoms with Crippen LogP contribution in [0.25, 0.3) is 0 Å². The summed E-state index contributed by atoms with van der Waals surface area (Å²) in [5.41, 5.74) is 7.00. The molecular formula is C15H22FN3O. The Morgan fingerprint density at radius 1 is 1.45 bits per heavy atom. The zero-order chi connectivity index (χ0) is 14.5. The van der Waals surface area contributed by atoms with Crippen LogP contribution in [0.4, 0.5) is 4.39 Å². The van der Waals surface area contributed by atoms with Crippen LogP contribution in [0.15, 0.2) is 23.4 Å². The number of hydrogen-bond donors (Lipinski definition) is 2. The number of nitrogens with two attached hydrogens (primary N) is 1. The van der Waals surface area contributed by atoms with E-state index in [2.05, 4.69) is 17.0 Å². The topological polar surface area (TPSA) is 61.8 Å². The maximum atomic E-state index is 13.3. The zero-order valence-corrected chi connectivity index (χ0v) is 11.8. The first kappa shape index (κ1) is 14.8. The highest BCUT2D eigenvalue weighted by molar-refractivity contribution is 5.98. The summed E-state index contributed by atoms with van der Waals surface area (Å²) in [6.07, 6.45) is 3.65. The maximum Gasteiger partial charge on any atom is 0.170 e. The number of benzene rings is 1. The molecule has 0 unspecified atom stereocenters. The lowest BCUT2D eigenvalue weighted by Gasteiger charge is -2.31. The number of likely N-dealkylation sites (tertiary alicyclic amines) is 1. The Bertz CT molecular complexity index is 482. The lowest BCUT2D eigenvalue weighted by atomic mass is 9.94. The smallest absolute Gasteiger partial charge is 0.170 e. The first-order valence-corrected chi connectivity index (χ1v) is 7.12. The van der Waals surface area contributed by atoms with Gasteiger partial charge in [0.2, 0.25) is 0 Å². The molecule has 1 aliphatic heterocycles.